The maximum absolute atomic E-state index is 5.12. The van der Waals surface area contributed by atoms with Crippen molar-refractivity contribution in [2.24, 2.45) is 0 Å². The van der Waals surface area contributed by atoms with Gasteiger partial charge in [-0.1, -0.05) is 243 Å². The minimum atomic E-state index is 0.616. The Bertz CT molecular complexity index is 6800. The number of aromatic nitrogens is 11. The van der Waals surface area contributed by atoms with E-state index in [0.29, 0.717) is 23.3 Å². The quantitative estimate of drug-likeness (QED) is 0.120. The lowest BCUT2D eigenvalue weighted by Gasteiger charge is -2.12. The van der Waals surface area contributed by atoms with E-state index in [9.17, 15) is 0 Å². The number of rotatable bonds is 12. The lowest BCUT2D eigenvalue weighted by molar-refractivity contribution is 1.07. The smallest absolute Gasteiger partial charge is 0.164 e. The number of pyridine rings is 2. The van der Waals surface area contributed by atoms with Gasteiger partial charge in [0.1, 0.15) is 0 Å². The van der Waals surface area contributed by atoms with Gasteiger partial charge >= 0.3 is 0 Å². The van der Waals surface area contributed by atoms with Crippen LogP contribution in [0.15, 0.2) is 395 Å². The highest BCUT2D eigenvalue weighted by atomic mass is 15.0. The molecule has 8 aromatic heterocycles. The van der Waals surface area contributed by atoms with Gasteiger partial charge in [0.25, 0.3) is 0 Å². The first kappa shape index (κ1) is 65.0. The highest BCUT2D eigenvalue weighted by Gasteiger charge is 2.22. The van der Waals surface area contributed by atoms with E-state index in [2.05, 4.69) is 291 Å². The molecule has 22 rings (SSSR count). The third-order valence-corrected chi connectivity index (χ3v) is 21.4. The van der Waals surface area contributed by atoms with E-state index in [1.807, 2.05) is 122 Å². The summed E-state index contributed by atoms with van der Waals surface area (Å²) in [5.41, 5.74) is 27.5. The van der Waals surface area contributed by atoms with Gasteiger partial charge in [-0.15, -0.1) is 0 Å². The summed E-state index contributed by atoms with van der Waals surface area (Å²) in [5.74, 6) is 2.58. The van der Waals surface area contributed by atoms with Gasteiger partial charge in [0.05, 0.1) is 66.6 Å². The molecule has 0 fully saturated rings. The van der Waals surface area contributed by atoms with Gasteiger partial charge < -0.3 is 18.3 Å². The lowest BCUT2D eigenvalue weighted by atomic mass is 10.0. The molecule has 11 nitrogen and oxygen atoms in total. The average molecular weight is 1430 g/mol. The molecule has 0 aliphatic carbocycles. The summed E-state index contributed by atoms with van der Waals surface area (Å²) in [6.07, 6.45) is 3.76. The number of hydrogen-bond donors (Lipinski definition) is 0. The Labute approximate surface area is 644 Å². The summed E-state index contributed by atoms with van der Waals surface area (Å²) < 4.78 is 9.32. The molecule has 0 spiro atoms. The maximum Gasteiger partial charge on any atom is 0.164 e. The van der Waals surface area contributed by atoms with Crippen molar-refractivity contribution in [2.75, 3.05) is 0 Å². The molecule has 22 aromatic rings. The fraction of sp³-hybridized carbons (Fsp3) is 0. The van der Waals surface area contributed by atoms with E-state index < -0.39 is 0 Å². The van der Waals surface area contributed by atoms with Crippen molar-refractivity contribution < 1.29 is 0 Å². The van der Waals surface area contributed by atoms with Crippen LogP contribution < -0.4 is 0 Å². The highest BCUT2D eigenvalue weighted by Crippen LogP contribution is 2.42. The molecule has 11 heteroatoms. The van der Waals surface area contributed by atoms with E-state index >= 15 is 0 Å². The standard InChI is InChI=1S/C51H33N5.C50H32N6/c1-4-14-34(15-5-1)44-33-45(54-51(53-44)35-16-6-2-7-17-35)38-18-12-21-40(30-38)56-48-28-26-37(32-43(48)50-49(56)24-13-29-52-50)36-25-27-47-42(31-36)41-22-10-11-23-46(41)55(47)39-19-8-3-9-20-39;1-4-14-33(15-5-1)48-52-49(34-16-6-2-7-17-34)54-50(53-48)37-18-12-21-39(30-37)56-45-28-26-36(32-42(45)47-46(56)24-13-29-51-47)35-25-27-44-41(31-35)40-22-10-11-23-43(40)55(44)38-19-8-3-9-20-38/h1-33H;1-32H. The first-order chi connectivity index (χ1) is 55.5. The summed E-state index contributed by atoms with van der Waals surface area (Å²) in [6.45, 7) is 0. The van der Waals surface area contributed by atoms with Crippen LogP contribution in [-0.4, -0.2) is 53.2 Å². The Hall–Kier alpha value is -15.3. The third kappa shape index (κ3) is 11.5. The van der Waals surface area contributed by atoms with E-state index in [4.69, 9.17) is 34.9 Å². The van der Waals surface area contributed by atoms with Crippen molar-refractivity contribution in [1.82, 2.24) is 53.2 Å². The molecule has 8 heterocycles. The van der Waals surface area contributed by atoms with Crippen LogP contribution in [0.3, 0.4) is 0 Å². The first-order valence-corrected chi connectivity index (χ1v) is 37.6. The SMILES string of the molecule is c1ccc(-c2cc(-c3cccc(-n4c5ccc(-c6ccc7c(c6)c6ccccc6n7-c6ccccc6)cc5c5ncccc54)c3)nc(-c3ccccc3)n2)cc1.c1ccc(-c2nc(-c3ccccc3)nc(-c3cccc(-n4c5ccc(-c6ccc7c(c6)c6ccccc6n7-c6ccccc6)cc5c5ncccc54)c3)n2)cc1. The fourth-order valence-electron chi connectivity index (χ4n) is 16.2. The average Bonchev–Trinajstić information content (AvgIpc) is 1.58. The van der Waals surface area contributed by atoms with Gasteiger partial charge in [0, 0.05) is 101 Å². The zero-order valence-corrected chi connectivity index (χ0v) is 60.4. The van der Waals surface area contributed by atoms with E-state index in [-0.39, 0.29) is 0 Å². The van der Waals surface area contributed by atoms with Crippen molar-refractivity contribution in [3.63, 3.8) is 0 Å². The number of hydrogen-bond acceptors (Lipinski definition) is 7. The van der Waals surface area contributed by atoms with Gasteiger partial charge in [-0.25, -0.2) is 24.9 Å². The normalized spacial score (nSPS) is 11.6. The molecule has 14 aromatic carbocycles. The molecule has 0 radical (unpaired) electrons. The Morgan fingerprint density at radius 2 is 0.455 bits per heavy atom. The summed E-state index contributed by atoms with van der Waals surface area (Å²) in [6, 6.07) is 134. The van der Waals surface area contributed by atoms with Crippen LogP contribution in [0, 0.1) is 0 Å². The number of benzene rings is 14. The number of fused-ring (bicyclic) bond motifs is 12. The molecule has 0 atom stereocenters. The van der Waals surface area contributed by atoms with Crippen molar-refractivity contribution in [3.05, 3.63) is 395 Å². The van der Waals surface area contributed by atoms with Crippen LogP contribution in [0.4, 0.5) is 0 Å². The van der Waals surface area contributed by atoms with Crippen LogP contribution in [-0.2, 0) is 0 Å². The lowest BCUT2D eigenvalue weighted by Crippen LogP contribution is -2.01. The predicted molar refractivity (Wildman–Crippen MR) is 458 cm³/mol. The van der Waals surface area contributed by atoms with Gasteiger partial charge in [-0.05, 0) is 162 Å². The van der Waals surface area contributed by atoms with Gasteiger partial charge in [-0.3, -0.25) is 9.97 Å². The maximum atomic E-state index is 5.12. The van der Waals surface area contributed by atoms with Crippen molar-refractivity contribution in [2.45, 2.75) is 0 Å². The molecule has 524 valence electrons. The zero-order valence-electron chi connectivity index (χ0n) is 60.4. The minimum absolute atomic E-state index is 0.616. The molecule has 112 heavy (non-hydrogen) atoms. The van der Waals surface area contributed by atoms with Crippen LogP contribution in [0.25, 0.3) is 201 Å². The summed E-state index contributed by atoms with van der Waals surface area (Å²) in [7, 11) is 0. The Balaban J connectivity index is 0.000000141. The van der Waals surface area contributed by atoms with Crippen LogP contribution in [0.2, 0.25) is 0 Å². The predicted octanol–water partition coefficient (Wildman–Crippen LogP) is 24.9. The second-order valence-corrected chi connectivity index (χ2v) is 28.1. The third-order valence-electron chi connectivity index (χ3n) is 21.4. The molecule has 0 unspecified atom stereocenters. The van der Waals surface area contributed by atoms with E-state index in [1.165, 1.54) is 49.2 Å². The first-order valence-electron chi connectivity index (χ1n) is 37.6. The van der Waals surface area contributed by atoms with Crippen LogP contribution >= 0.6 is 0 Å². The summed E-state index contributed by atoms with van der Waals surface area (Å²) in [5, 5.41) is 7.13. The second kappa shape index (κ2) is 27.5. The highest BCUT2D eigenvalue weighted by molar-refractivity contribution is 6.14. The minimum Gasteiger partial charge on any atom is -0.309 e. The Morgan fingerprint density at radius 3 is 0.893 bits per heavy atom. The molecular formula is C101H65N11. The number of para-hydroxylation sites is 4. The number of nitrogens with zero attached hydrogens (tertiary/aromatic N) is 11. The van der Waals surface area contributed by atoms with E-state index in [0.717, 1.165) is 128 Å². The molecule has 0 aliphatic heterocycles. The van der Waals surface area contributed by atoms with E-state index in [1.54, 1.807) is 0 Å². The molecule has 0 amide bonds. The molecule has 0 bridgehead atoms. The van der Waals surface area contributed by atoms with Crippen molar-refractivity contribution in [3.8, 4) is 113 Å². The van der Waals surface area contributed by atoms with Gasteiger partial charge in [0.15, 0.2) is 23.3 Å². The van der Waals surface area contributed by atoms with Crippen LogP contribution in [0.1, 0.15) is 0 Å². The molecule has 0 N–H and O–H groups in total. The van der Waals surface area contributed by atoms with Crippen molar-refractivity contribution in [1.29, 1.82) is 0 Å². The molecular weight excluding hydrogens is 1370 g/mol. The monoisotopic (exact) mass is 1430 g/mol. The molecule has 0 aliphatic rings. The molecule has 0 saturated carbocycles. The topological polar surface area (TPSA) is 110 Å². The van der Waals surface area contributed by atoms with Gasteiger partial charge in [-0.2, -0.15) is 0 Å². The Morgan fingerprint density at radius 1 is 0.161 bits per heavy atom. The Kier molecular flexibility index (Phi) is 15.9. The fourth-order valence-corrected chi connectivity index (χ4v) is 16.2. The van der Waals surface area contributed by atoms with Crippen molar-refractivity contribution >= 4 is 87.5 Å². The summed E-state index contributed by atoms with van der Waals surface area (Å²) in [4.78, 5) is 34.9. The molecule has 0 saturated heterocycles. The van der Waals surface area contributed by atoms with Gasteiger partial charge in [0.2, 0.25) is 0 Å². The second-order valence-electron chi connectivity index (χ2n) is 28.1. The largest absolute Gasteiger partial charge is 0.309 e. The zero-order chi connectivity index (χ0) is 74.0. The summed E-state index contributed by atoms with van der Waals surface area (Å²) >= 11 is 0. The van der Waals surface area contributed by atoms with Crippen LogP contribution in [0.5, 0.6) is 0 Å².